The summed E-state index contributed by atoms with van der Waals surface area (Å²) in [5.74, 6) is -0.641. The van der Waals surface area contributed by atoms with Crippen molar-refractivity contribution in [1.82, 2.24) is 0 Å². The lowest BCUT2D eigenvalue weighted by Crippen LogP contribution is -2.17. The SMILES string of the molecule is CCCc1cc2c(c(F)c1F)CC(CCC)CC2. The van der Waals surface area contributed by atoms with Gasteiger partial charge < -0.3 is 0 Å². The number of halogens is 2. The topological polar surface area (TPSA) is 0 Å². The van der Waals surface area contributed by atoms with E-state index >= 15 is 0 Å². The maximum atomic E-state index is 14.1. The molecule has 1 aromatic carbocycles. The molecule has 0 radical (unpaired) electrons. The number of rotatable bonds is 4. The maximum Gasteiger partial charge on any atom is 0.162 e. The molecule has 0 aliphatic heterocycles. The van der Waals surface area contributed by atoms with Crippen molar-refractivity contribution in [3.8, 4) is 0 Å². The zero-order valence-electron chi connectivity index (χ0n) is 11.4. The lowest BCUT2D eigenvalue weighted by molar-refractivity contribution is 0.400. The number of aryl methyl sites for hydroxylation is 2. The maximum absolute atomic E-state index is 14.1. The number of hydrogen-bond donors (Lipinski definition) is 0. The molecule has 1 unspecified atom stereocenters. The molecule has 1 aliphatic carbocycles. The van der Waals surface area contributed by atoms with Crippen molar-refractivity contribution in [2.75, 3.05) is 0 Å². The third-order valence-electron chi connectivity index (χ3n) is 4.01. The predicted octanol–water partition coefficient (Wildman–Crippen LogP) is 4.82. The molecule has 0 bridgehead atoms. The first-order chi connectivity index (χ1) is 8.67. The van der Waals surface area contributed by atoms with Crippen LogP contribution in [-0.4, -0.2) is 0 Å². The van der Waals surface area contributed by atoms with E-state index in [4.69, 9.17) is 0 Å². The smallest absolute Gasteiger partial charge is 0.162 e. The van der Waals surface area contributed by atoms with Crippen molar-refractivity contribution in [1.29, 1.82) is 0 Å². The predicted molar refractivity (Wildman–Crippen MR) is 70.8 cm³/mol. The van der Waals surface area contributed by atoms with Gasteiger partial charge in [0.05, 0.1) is 0 Å². The Hall–Kier alpha value is -0.920. The van der Waals surface area contributed by atoms with Gasteiger partial charge in [-0.2, -0.15) is 0 Å². The quantitative estimate of drug-likeness (QED) is 0.720. The minimum atomic E-state index is -0.604. The zero-order valence-corrected chi connectivity index (χ0v) is 11.4. The molecule has 1 atom stereocenters. The van der Waals surface area contributed by atoms with Crippen LogP contribution in [0.1, 0.15) is 56.2 Å². The van der Waals surface area contributed by atoms with E-state index in [9.17, 15) is 8.78 Å². The van der Waals surface area contributed by atoms with E-state index in [0.29, 0.717) is 23.5 Å². The molecule has 2 rings (SSSR count). The van der Waals surface area contributed by atoms with Gasteiger partial charge >= 0.3 is 0 Å². The normalized spacial score (nSPS) is 18.8. The van der Waals surface area contributed by atoms with E-state index in [-0.39, 0.29) is 0 Å². The van der Waals surface area contributed by atoms with Gasteiger partial charge in [0.2, 0.25) is 0 Å². The van der Waals surface area contributed by atoms with Crippen LogP contribution in [0.3, 0.4) is 0 Å². The van der Waals surface area contributed by atoms with Crippen molar-refractivity contribution in [2.45, 2.75) is 58.8 Å². The fourth-order valence-corrected chi connectivity index (χ4v) is 3.08. The summed E-state index contributed by atoms with van der Waals surface area (Å²) in [6.07, 6.45) is 6.49. The third kappa shape index (κ3) is 2.57. The standard InChI is InChI=1S/C16H22F2/c1-3-5-11-7-8-12-10-13(6-4-2)15(17)16(18)14(12)9-11/h10-11H,3-9H2,1-2H3. The Morgan fingerprint density at radius 3 is 2.61 bits per heavy atom. The summed E-state index contributed by atoms with van der Waals surface area (Å²) in [5, 5.41) is 0. The summed E-state index contributed by atoms with van der Waals surface area (Å²) in [6, 6.07) is 1.90. The second-order valence-corrected chi connectivity index (χ2v) is 5.45. The van der Waals surface area contributed by atoms with Crippen molar-refractivity contribution < 1.29 is 8.78 Å². The van der Waals surface area contributed by atoms with Crippen molar-refractivity contribution in [3.63, 3.8) is 0 Å². The Bertz CT molecular complexity index is 424. The molecule has 1 aliphatic rings. The van der Waals surface area contributed by atoms with Crippen LogP contribution in [-0.2, 0) is 19.3 Å². The minimum Gasteiger partial charge on any atom is -0.203 e. The fraction of sp³-hybridized carbons (Fsp3) is 0.625. The van der Waals surface area contributed by atoms with E-state index in [1.807, 2.05) is 13.0 Å². The van der Waals surface area contributed by atoms with Gasteiger partial charge in [0.1, 0.15) is 0 Å². The summed E-state index contributed by atoms with van der Waals surface area (Å²) in [5.41, 5.74) is 2.25. The lowest BCUT2D eigenvalue weighted by Gasteiger charge is -2.25. The van der Waals surface area contributed by atoms with E-state index in [1.165, 1.54) is 0 Å². The first-order valence-electron chi connectivity index (χ1n) is 7.15. The van der Waals surface area contributed by atoms with E-state index < -0.39 is 11.6 Å². The van der Waals surface area contributed by atoms with Gasteiger partial charge in [-0.05, 0) is 48.3 Å². The molecule has 18 heavy (non-hydrogen) atoms. The molecule has 0 nitrogen and oxygen atoms in total. The average Bonchev–Trinajstić information content (AvgIpc) is 2.37. The molecule has 0 N–H and O–H groups in total. The van der Waals surface area contributed by atoms with Gasteiger partial charge in [-0.15, -0.1) is 0 Å². The molecule has 0 aromatic heterocycles. The first-order valence-corrected chi connectivity index (χ1v) is 7.15. The molecular weight excluding hydrogens is 230 g/mol. The van der Waals surface area contributed by atoms with Gasteiger partial charge in [-0.1, -0.05) is 39.2 Å². The highest BCUT2D eigenvalue weighted by molar-refractivity contribution is 5.37. The molecule has 100 valence electrons. The van der Waals surface area contributed by atoms with Crippen molar-refractivity contribution >= 4 is 0 Å². The summed E-state index contributed by atoms with van der Waals surface area (Å²) in [4.78, 5) is 0. The summed E-state index contributed by atoms with van der Waals surface area (Å²) in [6.45, 7) is 4.14. The molecular formula is C16H22F2. The Morgan fingerprint density at radius 1 is 1.17 bits per heavy atom. The largest absolute Gasteiger partial charge is 0.203 e. The molecule has 0 heterocycles. The van der Waals surface area contributed by atoms with Gasteiger partial charge in [0, 0.05) is 0 Å². The van der Waals surface area contributed by atoms with Gasteiger partial charge in [-0.25, -0.2) is 8.78 Å². The van der Waals surface area contributed by atoms with Crippen LogP contribution in [0.4, 0.5) is 8.78 Å². The molecule has 0 amide bonds. The van der Waals surface area contributed by atoms with E-state index in [2.05, 4.69) is 6.92 Å². The molecule has 0 saturated carbocycles. The highest BCUT2D eigenvalue weighted by Crippen LogP contribution is 2.32. The Labute approximate surface area is 108 Å². The van der Waals surface area contributed by atoms with E-state index in [1.54, 1.807) is 0 Å². The van der Waals surface area contributed by atoms with E-state index in [0.717, 1.165) is 44.1 Å². The van der Waals surface area contributed by atoms with Crippen molar-refractivity contribution in [3.05, 3.63) is 34.4 Å². The second-order valence-electron chi connectivity index (χ2n) is 5.45. The van der Waals surface area contributed by atoms with Crippen LogP contribution in [0.15, 0.2) is 6.07 Å². The fourth-order valence-electron chi connectivity index (χ4n) is 3.08. The molecule has 0 saturated heterocycles. The third-order valence-corrected chi connectivity index (χ3v) is 4.01. The van der Waals surface area contributed by atoms with Crippen LogP contribution in [0.2, 0.25) is 0 Å². The Balaban J connectivity index is 2.31. The highest BCUT2D eigenvalue weighted by atomic mass is 19.2. The second kappa shape index (κ2) is 5.81. The van der Waals surface area contributed by atoms with Crippen LogP contribution in [0.25, 0.3) is 0 Å². The monoisotopic (exact) mass is 252 g/mol. The van der Waals surface area contributed by atoms with Gasteiger partial charge in [0.25, 0.3) is 0 Å². The highest BCUT2D eigenvalue weighted by Gasteiger charge is 2.24. The lowest BCUT2D eigenvalue weighted by atomic mass is 9.80. The summed E-state index contributed by atoms with van der Waals surface area (Å²) in [7, 11) is 0. The Morgan fingerprint density at radius 2 is 1.94 bits per heavy atom. The number of benzene rings is 1. The zero-order chi connectivity index (χ0) is 13.1. The van der Waals surface area contributed by atoms with Crippen LogP contribution in [0, 0.1) is 17.6 Å². The summed E-state index contributed by atoms with van der Waals surface area (Å²) >= 11 is 0. The Kier molecular flexibility index (Phi) is 4.36. The van der Waals surface area contributed by atoms with Crippen molar-refractivity contribution in [2.24, 2.45) is 5.92 Å². The molecule has 2 heteroatoms. The molecule has 0 spiro atoms. The van der Waals surface area contributed by atoms with Crippen LogP contribution < -0.4 is 0 Å². The number of fused-ring (bicyclic) bond motifs is 1. The summed E-state index contributed by atoms with van der Waals surface area (Å²) < 4.78 is 28.0. The van der Waals surface area contributed by atoms with Crippen LogP contribution in [0.5, 0.6) is 0 Å². The average molecular weight is 252 g/mol. The van der Waals surface area contributed by atoms with Gasteiger partial charge in [-0.3, -0.25) is 0 Å². The number of hydrogen-bond acceptors (Lipinski definition) is 0. The molecule has 0 fully saturated rings. The van der Waals surface area contributed by atoms with Crippen LogP contribution >= 0.6 is 0 Å². The first kappa shape index (κ1) is 13.5. The minimum absolute atomic E-state index is 0.536. The van der Waals surface area contributed by atoms with Gasteiger partial charge in [0.15, 0.2) is 11.6 Å². The molecule has 1 aromatic rings.